The van der Waals surface area contributed by atoms with E-state index in [0.717, 1.165) is 30.6 Å². The normalized spacial score (nSPS) is 16.7. The zero-order valence-corrected chi connectivity index (χ0v) is 17.9. The second kappa shape index (κ2) is 8.55. The maximum Gasteiger partial charge on any atom is 0.255 e. The number of nitrogens with zero attached hydrogens (tertiary/aromatic N) is 3. The van der Waals surface area contributed by atoms with E-state index < -0.39 is 0 Å². The van der Waals surface area contributed by atoms with Crippen LogP contribution in [0.4, 0.5) is 11.5 Å². The van der Waals surface area contributed by atoms with E-state index in [4.69, 9.17) is 4.74 Å². The predicted octanol–water partition coefficient (Wildman–Crippen LogP) is 2.28. The molecule has 1 fully saturated rings. The summed E-state index contributed by atoms with van der Waals surface area (Å²) in [7, 11) is 3.36. The molecule has 0 radical (unpaired) electrons. The standard InChI is InChI=1S/C23H28N4O4/c1-26(14-23(15-28)8-3-9-23)22(30)17-10-19-21(24-11-17)25-12-20(29)27(19)13-16-4-6-18(31-2)7-5-16/h4-7,10-11,28H,3,8-9,12-15H2,1-2H3,(H,24,25). The summed E-state index contributed by atoms with van der Waals surface area (Å²) in [6.45, 7) is 1.12. The van der Waals surface area contributed by atoms with E-state index in [1.54, 1.807) is 36.2 Å². The van der Waals surface area contributed by atoms with Crippen molar-refractivity contribution < 1.29 is 19.4 Å². The number of carbonyl (C=O) groups excluding carboxylic acids is 2. The molecule has 1 aliphatic carbocycles. The highest BCUT2D eigenvalue weighted by molar-refractivity contribution is 6.04. The number of ether oxygens (including phenoxy) is 1. The van der Waals surface area contributed by atoms with E-state index in [1.807, 2.05) is 24.3 Å². The Kier molecular flexibility index (Phi) is 5.82. The molecule has 8 heteroatoms. The number of carbonyl (C=O) groups is 2. The van der Waals surface area contributed by atoms with E-state index in [9.17, 15) is 14.7 Å². The Morgan fingerprint density at radius 2 is 2.06 bits per heavy atom. The van der Waals surface area contributed by atoms with Gasteiger partial charge >= 0.3 is 0 Å². The summed E-state index contributed by atoms with van der Waals surface area (Å²) in [6, 6.07) is 9.26. The topological polar surface area (TPSA) is 95.0 Å². The summed E-state index contributed by atoms with van der Waals surface area (Å²) >= 11 is 0. The molecular weight excluding hydrogens is 396 g/mol. The van der Waals surface area contributed by atoms with Crippen LogP contribution < -0.4 is 15.0 Å². The van der Waals surface area contributed by atoms with Gasteiger partial charge in [-0.25, -0.2) is 4.98 Å². The zero-order chi connectivity index (χ0) is 22.0. The minimum Gasteiger partial charge on any atom is -0.497 e. The molecule has 1 saturated carbocycles. The SMILES string of the molecule is COc1ccc(CN2C(=O)CNc3ncc(C(=O)N(C)CC4(CO)CCC4)cc32)cc1. The monoisotopic (exact) mass is 424 g/mol. The van der Waals surface area contributed by atoms with Gasteiger partial charge in [0.2, 0.25) is 5.91 Å². The molecule has 164 valence electrons. The Bertz CT molecular complexity index is 967. The number of hydrogen-bond donors (Lipinski definition) is 2. The molecule has 0 spiro atoms. The lowest BCUT2D eigenvalue weighted by Crippen LogP contribution is -2.45. The molecule has 0 bridgehead atoms. The van der Waals surface area contributed by atoms with Crippen LogP contribution in [-0.4, -0.2) is 60.7 Å². The van der Waals surface area contributed by atoms with Crippen LogP contribution in [0.3, 0.4) is 0 Å². The van der Waals surface area contributed by atoms with Crippen LogP contribution >= 0.6 is 0 Å². The number of nitrogens with one attached hydrogen (secondary N) is 1. The summed E-state index contributed by atoms with van der Waals surface area (Å²) in [5, 5.41) is 12.7. The molecule has 4 rings (SSSR count). The van der Waals surface area contributed by atoms with E-state index in [1.165, 1.54) is 0 Å². The minimum absolute atomic E-state index is 0.0844. The summed E-state index contributed by atoms with van der Waals surface area (Å²) in [6.07, 6.45) is 4.48. The average molecular weight is 425 g/mol. The fourth-order valence-electron chi connectivity index (χ4n) is 4.23. The van der Waals surface area contributed by atoms with Crippen molar-refractivity contribution in [3.63, 3.8) is 0 Å². The lowest BCUT2D eigenvalue weighted by molar-refractivity contribution is -0.117. The highest BCUT2D eigenvalue weighted by atomic mass is 16.5. The molecule has 0 atom stereocenters. The van der Waals surface area contributed by atoms with Gasteiger partial charge in [-0.15, -0.1) is 0 Å². The number of aliphatic hydroxyl groups excluding tert-OH is 1. The Labute approximate surface area is 181 Å². The zero-order valence-electron chi connectivity index (χ0n) is 17.9. The van der Waals surface area contributed by atoms with E-state index in [0.29, 0.717) is 30.2 Å². The van der Waals surface area contributed by atoms with Crippen molar-refractivity contribution >= 4 is 23.3 Å². The number of rotatable bonds is 7. The molecule has 2 amide bonds. The van der Waals surface area contributed by atoms with Gasteiger partial charge < -0.3 is 25.0 Å². The van der Waals surface area contributed by atoms with Crippen molar-refractivity contribution in [2.75, 3.05) is 44.1 Å². The van der Waals surface area contributed by atoms with Gasteiger partial charge in [-0.3, -0.25) is 9.59 Å². The van der Waals surface area contributed by atoms with Crippen molar-refractivity contribution in [1.29, 1.82) is 0 Å². The van der Waals surface area contributed by atoms with E-state index in [2.05, 4.69) is 10.3 Å². The highest BCUT2D eigenvalue weighted by Gasteiger charge is 2.38. The first-order valence-corrected chi connectivity index (χ1v) is 10.5. The third kappa shape index (κ3) is 4.20. The third-order valence-electron chi connectivity index (χ3n) is 6.28. The van der Waals surface area contributed by atoms with Crippen LogP contribution in [0.15, 0.2) is 36.5 Å². The second-order valence-corrected chi connectivity index (χ2v) is 8.45. The number of amides is 2. The molecule has 2 heterocycles. The van der Waals surface area contributed by atoms with Crippen molar-refractivity contribution in [3.05, 3.63) is 47.7 Å². The number of benzene rings is 1. The van der Waals surface area contributed by atoms with Crippen LogP contribution in [0.1, 0.15) is 35.2 Å². The second-order valence-electron chi connectivity index (χ2n) is 8.45. The Balaban J connectivity index is 1.56. The van der Waals surface area contributed by atoms with Crippen LogP contribution in [0.5, 0.6) is 5.75 Å². The molecule has 1 aromatic carbocycles. The minimum atomic E-state index is -0.191. The number of fused-ring (bicyclic) bond motifs is 1. The van der Waals surface area contributed by atoms with Crippen LogP contribution in [-0.2, 0) is 11.3 Å². The number of methoxy groups -OCH3 is 1. The predicted molar refractivity (Wildman–Crippen MR) is 117 cm³/mol. The molecular formula is C23H28N4O4. The first-order valence-electron chi connectivity index (χ1n) is 10.5. The molecule has 2 aromatic rings. The largest absolute Gasteiger partial charge is 0.497 e. The summed E-state index contributed by atoms with van der Waals surface area (Å²) in [5.74, 6) is 1.08. The van der Waals surface area contributed by atoms with Gasteiger partial charge in [0.05, 0.1) is 38.1 Å². The lowest BCUT2D eigenvalue weighted by Gasteiger charge is -2.42. The van der Waals surface area contributed by atoms with Gasteiger partial charge in [0.15, 0.2) is 5.82 Å². The fourth-order valence-corrected chi connectivity index (χ4v) is 4.23. The molecule has 2 aliphatic rings. The average Bonchev–Trinajstić information content (AvgIpc) is 2.77. The number of anilines is 2. The van der Waals surface area contributed by atoms with Crippen molar-refractivity contribution in [1.82, 2.24) is 9.88 Å². The van der Waals surface area contributed by atoms with Gasteiger partial charge in [0, 0.05) is 25.2 Å². The lowest BCUT2D eigenvalue weighted by atomic mass is 9.69. The molecule has 1 aliphatic heterocycles. The molecule has 1 aromatic heterocycles. The fraction of sp³-hybridized carbons (Fsp3) is 0.435. The van der Waals surface area contributed by atoms with Crippen molar-refractivity contribution in [3.8, 4) is 5.75 Å². The smallest absolute Gasteiger partial charge is 0.255 e. The van der Waals surface area contributed by atoms with Crippen molar-refractivity contribution in [2.45, 2.75) is 25.8 Å². The number of aliphatic hydroxyl groups is 1. The molecule has 8 nitrogen and oxygen atoms in total. The summed E-state index contributed by atoms with van der Waals surface area (Å²) in [5.41, 5.74) is 1.77. The Morgan fingerprint density at radius 1 is 1.32 bits per heavy atom. The van der Waals surface area contributed by atoms with Crippen molar-refractivity contribution in [2.24, 2.45) is 5.41 Å². The number of aromatic nitrogens is 1. The summed E-state index contributed by atoms with van der Waals surface area (Å²) < 4.78 is 5.20. The molecule has 0 unspecified atom stereocenters. The van der Waals surface area contributed by atoms with Crippen LogP contribution in [0.2, 0.25) is 0 Å². The number of pyridine rings is 1. The third-order valence-corrected chi connectivity index (χ3v) is 6.28. The van der Waals surface area contributed by atoms with Gasteiger partial charge in [0.1, 0.15) is 5.75 Å². The first-order chi connectivity index (χ1) is 14.9. The van der Waals surface area contributed by atoms with E-state index in [-0.39, 0.29) is 30.4 Å². The summed E-state index contributed by atoms with van der Waals surface area (Å²) in [4.78, 5) is 33.4. The van der Waals surface area contributed by atoms with Gasteiger partial charge in [-0.05, 0) is 36.6 Å². The maximum atomic E-state index is 13.0. The first kappa shape index (κ1) is 21.1. The van der Waals surface area contributed by atoms with E-state index >= 15 is 0 Å². The molecule has 0 saturated heterocycles. The molecule has 31 heavy (non-hydrogen) atoms. The van der Waals surface area contributed by atoms with Crippen LogP contribution in [0.25, 0.3) is 0 Å². The Morgan fingerprint density at radius 3 is 2.68 bits per heavy atom. The Hall–Kier alpha value is -3.13. The van der Waals surface area contributed by atoms with Crippen LogP contribution in [0, 0.1) is 5.41 Å². The van der Waals surface area contributed by atoms with Gasteiger partial charge in [-0.2, -0.15) is 0 Å². The van der Waals surface area contributed by atoms with Gasteiger partial charge in [0.25, 0.3) is 5.91 Å². The maximum absolute atomic E-state index is 13.0. The number of hydrogen-bond acceptors (Lipinski definition) is 6. The van der Waals surface area contributed by atoms with Gasteiger partial charge in [-0.1, -0.05) is 18.6 Å². The molecule has 2 N–H and O–H groups in total. The highest BCUT2D eigenvalue weighted by Crippen LogP contribution is 2.41. The quantitative estimate of drug-likeness (QED) is 0.708.